The smallest absolute Gasteiger partial charge is 0.222 e. The quantitative estimate of drug-likeness (QED) is 0.719. The summed E-state index contributed by atoms with van der Waals surface area (Å²) in [6.07, 6.45) is 4.92. The van der Waals surface area contributed by atoms with Crippen LogP contribution in [0.1, 0.15) is 18.9 Å². The first-order chi connectivity index (χ1) is 5.75. The van der Waals surface area contributed by atoms with Crippen molar-refractivity contribution in [3.05, 3.63) is 18.0 Å². The predicted octanol–water partition coefficient (Wildman–Crippen LogP) is 1.61. The Kier molecular flexibility index (Phi) is 1.71. The Morgan fingerprint density at radius 3 is 2.50 bits per heavy atom. The van der Waals surface area contributed by atoms with Gasteiger partial charge in [-0.05, 0) is 24.8 Å². The van der Waals surface area contributed by atoms with E-state index in [1.807, 2.05) is 19.3 Å². The Labute approximate surface area is 72.2 Å². The van der Waals surface area contributed by atoms with Crippen LogP contribution in [-0.2, 0) is 0 Å². The molecular weight excluding hydrogens is 150 g/mol. The highest BCUT2D eigenvalue weighted by Gasteiger charge is 2.32. The van der Waals surface area contributed by atoms with Gasteiger partial charge in [0.25, 0.3) is 0 Å². The Bertz CT molecular complexity index is 268. The lowest BCUT2D eigenvalue weighted by Gasteiger charge is -2.01. The molecule has 1 aromatic rings. The summed E-state index contributed by atoms with van der Waals surface area (Å²) < 4.78 is 0. The molecule has 2 atom stereocenters. The first kappa shape index (κ1) is 7.53. The number of rotatable bonds is 2. The first-order valence-electron chi connectivity index (χ1n) is 4.31. The minimum atomic E-state index is 0.604. The highest BCUT2D eigenvalue weighted by atomic mass is 15.1. The molecule has 3 nitrogen and oxygen atoms in total. The van der Waals surface area contributed by atoms with Crippen LogP contribution in [0, 0.1) is 12.8 Å². The zero-order chi connectivity index (χ0) is 8.55. The van der Waals surface area contributed by atoms with E-state index in [9.17, 15) is 0 Å². The van der Waals surface area contributed by atoms with Gasteiger partial charge in [0.15, 0.2) is 0 Å². The van der Waals surface area contributed by atoms with Crippen molar-refractivity contribution in [3.8, 4) is 0 Å². The Morgan fingerprint density at radius 2 is 2.00 bits per heavy atom. The van der Waals surface area contributed by atoms with Gasteiger partial charge in [0, 0.05) is 18.4 Å². The highest BCUT2D eigenvalue weighted by molar-refractivity contribution is 5.29. The molecule has 3 heteroatoms. The maximum absolute atomic E-state index is 4.17. The Morgan fingerprint density at radius 1 is 1.42 bits per heavy atom. The number of aromatic nitrogens is 2. The highest BCUT2D eigenvalue weighted by Crippen LogP contribution is 2.31. The standard InChI is InChI=1S/C9H13N3/c1-6-4-10-9(11-5-6)12-8-3-7(8)2/h4-5,7-8H,3H2,1-2H3,(H,10,11,12)/t7-,8-/m1/s1. The molecule has 0 spiro atoms. The molecule has 2 rings (SSSR count). The second kappa shape index (κ2) is 2.73. The molecule has 12 heavy (non-hydrogen) atoms. The van der Waals surface area contributed by atoms with Gasteiger partial charge < -0.3 is 5.32 Å². The molecule has 0 bridgehead atoms. The molecule has 1 aliphatic carbocycles. The van der Waals surface area contributed by atoms with Crippen molar-refractivity contribution in [2.75, 3.05) is 5.32 Å². The number of anilines is 1. The van der Waals surface area contributed by atoms with E-state index < -0.39 is 0 Å². The molecule has 1 fully saturated rings. The molecule has 0 amide bonds. The zero-order valence-electron chi connectivity index (χ0n) is 7.41. The summed E-state index contributed by atoms with van der Waals surface area (Å²) in [5.41, 5.74) is 1.10. The first-order valence-corrected chi connectivity index (χ1v) is 4.31. The van der Waals surface area contributed by atoms with Gasteiger partial charge in [-0.3, -0.25) is 0 Å². The largest absolute Gasteiger partial charge is 0.351 e. The van der Waals surface area contributed by atoms with E-state index in [2.05, 4.69) is 22.2 Å². The van der Waals surface area contributed by atoms with Crippen LogP contribution in [-0.4, -0.2) is 16.0 Å². The van der Waals surface area contributed by atoms with Gasteiger partial charge in [0.1, 0.15) is 0 Å². The van der Waals surface area contributed by atoms with E-state index in [1.165, 1.54) is 6.42 Å². The van der Waals surface area contributed by atoms with Crippen LogP contribution < -0.4 is 5.32 Å². The van der Waals surface area contributed by atoms with Crippen LogP contribution in [0.3, 0.4) is 0 Å². The summed E-state index contributed by atoms with van der Waals surface area (Å²) in [6.45, 7) is 4.22. The molecule has 1 aromatic heterocycles. The molecule has 0 saturated heterocycles. The monoisotopic (exact) mass is 163 g/mol. The molecule has 1 aliphatic rings. The summed E-state index contributed by atoms with van der Waals surface area (Å²) in [5, 5.41) is 3.27. The molecule has 0 aromatic carbocycles. The number of hydrogen-bond donors (Lipinski definition) is 1. The molecule has 1 heterocycles. The fourth-order valence-corrected chi connectivity index (χ4v) is 1.16. The van der Waals surface area contributed by atoms with Crippen molar-refractivity contribution in [1.82, 2.24) is 9.97 Å². The second-order valence-electron chi connectivity index (χ2n) is 3.55. The third-order valence-electron chi connectivity index (χ3n) is 2.20. The molecular formula is C9H13N3. The van der Waals surface area contributed by atoms with Crippen molar-refractivity contribution in [1.29, 1.82) is 0 Å². The van der Waals surface area contributed by atoms with Crippen LogP contribution in [0.5, 0.6) is 0 Å². The van der Waals surface area contributed by atoms with E-state index in [-0.39, 0.29) is 0 Å². The SMILES string of the molecule is Cc1cnc(N[C@@H]2C[C@H]2C)nc1. The number of nitrogens with zero attached hydrogens (tertiary/aromatic N) is 2. The van der Waals surface area contributed by atoms with Gasteiger partial charge in [-0.15, -0.1) is 0 Å². The molecule has 1 saturated carbocycles. The maximum Gasteiger partial charge on any atom is 0.222 e. The van der Waals surface area contributed by atoms with Crippen molar-refractivity contribution >= 4 is 5.95 Å². The average molecular weight is 163 g/mol. The van der Waals surface area contributed by atoms with E-state index in [0.717, 1.165) is 17.4 Å². The van der Waals surface area contributed by atoms with Crippen molar-refractivity contribution < 1.29 is 0 Å². The van der Waals surface area contributed by atoms with E-state index in [0.29, 0.717) is 6.04 Å². The van der Waals surface area contributed by atoms with Crippen molar-refractivity contribution in [3.63, 3.8) is 0 Å². The van der Waals surface area contributed by atoms with Gasteiger partial charge in [-0.2, -0.15) is 0 Å². The number of hydrogen-bond acceptors (Lipinski definition) is 3. The van der Waals surface area contributed by atoms with Crippen molar-refractivity contribution in [2.45, 2.75) is 26.3 Å². The van der Waals surface area contributed by atoms with Crippen LogP contribution in [0.25, 0.3) is 0 Å². The summed E-state index contributed by atoms with van der Waals surface area (Å²) in [5.74, 6) is 1.55. The maximum atomic E-state index is 4.17. The van der Waals surface area contributed by atoms with Crippen LogP contribution in [0.2, 0.25) is 0 Å². The summed E-state index contributed by atoms with van der Waals surface area (Å²) in [6, 6.07) is 0.604. The molecule has 0 aliphatic heterocycles. The van der Waals surface area contributed by atoms with E-state index in [4.69, 9.17) is 0 Å². The number of nitrogens with one attached hydrogen (secondary N) is 1. The minimum Gasteiger partial charge on any atom is -0.351 e. The van der Waals surface area contributed by atoms with E-state index >= 15 is 0 Å². The van der Waals surface area contributed by atoms with Gasteiger partial charge >= 0.3 is 0 Å². The summed E-state index contributed by atoms with van der Waals surface area (Å²) in [7, 11) is 0. The fourth-order valence-electron chi connectivity index (χ4n) is 1.16. The lowest BCUT2D eigenvalue weighted by molar-refractivity contribution is 0.913. The van der Waals surface area contributed by atoms with Crippen molar-refractivity contribution in [2.24, 2.45) is 5.92 Å². The molecule has 0 unspecified atom stereocenters. The predicted molar refractivity (Wildman–Crippen MR) is 48.0 cm³/mol. The van der Waals surface area contributed by atoms with Gasteiger partial charge in [0.05, 0.1) is 0 Å². The van der Waals surface area contributed by atoms with Crippen LogP contribution in [0.4, 0.5) is 5.95 Å². The molecule has 0 radical (unpaired) electrons. The number of aryl methyl sites for hydroxylation is 1. The third kappa shape index (κ3) is 1.55. The minimum absolute atomic E-state index is 0.604. The average Bonchev–Trinajstić information content (AvgIpc) is 2.72. The second-order valence-corrected chi connectivity index (χ2v) is 3.55. The zero-order valence-corrected chi connectivity index (χ0v) is 7.41. The molecule has 1 N–H and O–H groups in total. The van der Waals surface area contributed by atoms with Gasteiger partial charge in [-0.1, -0.05) is 6.92 Å². The summed E-state index contributed by atoms with van der Waals surface area (Å²) in [4.78, 5) is 8.34. The lowest BCUT2D eigenvalue weighted by atomic mass is 10.4. The van der Waals surface area contributed by atoms with Crippen LogP contribution >= 0.6 is 0 Å². The van der Waals surface area contributed by atoms with Gasteiger partial charge in [0.2, 0.25) is 5.95 Å². The van der Waals surface area contributed by atoms with E-state index in [1.54, 1.807) is 0 Å². The van der Waals surface area contributed by atoms with Gasteiger partial charge in [-0.25, -0.2) is 9.97 Å². The lowest BCUT2D eigenvalue weighted by Crippen LogP contribution is -2.06. The Hall–Kier alpha value is -1.12. The third-order valence-corrected chi connectivity index (χ3v) is 2.20. The Balaban J connectivity index is 2.00. The normalized spacial score (nSPS) is 26.8. The molecule has 64 valence electrons. The van der Waals surface area contributed by atoms with Crippen LogP contribution in [0.15, 0.2) is 12.4 Å². The topological polar surface area (TPSA) is 37.8 Å². The summed E-state index contributed by atoms with van der Waals surface area (Å²) >= 11 is 0. The fraction of sp³-hybridized carbons (Fsp3) is 0.556.